The molecule has 2 fully saturated rings. The molecule has 0 aromatic carbocycles. The van der Waals surface area contributed by atoms with Crippen LogP contribution < -0.4 is 5.32 Å². The summed E-state index contributed by atoms with van der Waals surface area (Å²) in [6.45, 7) is 4.86. The first-order valence-electron chi connectivity index (χ1n) is 4.79. The summed E-state index contributed by atoms with van der Waals surface area (Å²) in [6.07, 6.45) is 3.81. The minimum Gasteiger partial charge on any atom is -0.378 e. The predicted molar refractivity (Wildman–Crippen MR) is 46.0 cm³/mol. The molecule has 0 radical (unpaired) electrons. The van der Waals surface area contributed by atoms with Gasteiger partial charge in [-0.25, -0.2) is 0 Å². The summed E-state index contributed by atoms with van der Waals surface area (Å²) < 4.78 is 11.2. The van der Waals surface area contributed by atoms with Gasteiger partial charge in [0.15, 0.2) is 0 Å². The highest BCUT2D eigenvalue weighted by Crippen LogP contribution is 2.25. The topological polar surface area (TPSA) is 30.5 Å². The predicted octanol–water partition coefficient (Wildman–Crippen LogP) is 0.891. The lowest BCUT2D eigenvalue weighted by molar-refractivity contribution is -0.0386. The molecule has 0 spiro atoms. The first-order valence-corrected chi connectivity index (χ1v) is 4.79. The Morgan fingerprint density at radius 2 is 2.42 bits per heavy atom. The van der Waals surface area contributed by atoms with E-state index in [0.717, 1.165) is 26.2 Å². The van der Waals surface area contributed by atoms with Gasteiger partial charge in [-0.3, -0.25) is 5.32 Å². The maximum absolute atomic E-state index is 5.61. The van der Waals surface area contributed by atoms with E-state index >= 15 is 0 Å². The smallest absolute Gasteiger partial charge is 0.119 e. The van der Waals surface area contributed by atoms with Crippen LogP contribution in [0.1, 0.15) is 26.2 Å². The van der Waals surface area contributed by atoms with E-state index in [1.807, 2.05) is 0 Å². The highest BCUT2D eigenvalue weighted by Gasteiger charge is 2.33. The van der Waals surface area contributed by atoms with Crippen LogP contribution in [-0.4, -0.2) is 31.6 Å². The summed E-state index contributed by atoms with van der Waals surface area (Å²) in [5.74, 6) is 0. The van der Waals surface area contributed by atoms with Crippen molar-refractivity contribution in [1.82, 2.24) is 5.32 Å². The van der Waals surface area contributed by atoms with Gasteiger partial charge in [0.05, 0.1) is 12.7 Å². The molecule has 0 amide bonds. The molecule has 1 N–H and O–H groups in total. The fourth-order valence-corrected chi connectivity index (χ4v) is 2.01. The average Bonchev–Trinajstić information content (AvgIpc) is 2.62. The molecule has 2 heterocycles. The van der Waals surface area contributed by atoms with E-state index in [0.29, 0.717) is 6.10 Å². The summed E-state index contributed by atoms with van der Waals surface area (Å²) in [6, 6.07) is 0. The lowest BCUT2D eigenvalue weighted by atomic mass is 10.1. The third-order valence-electron chi connectivity index (χ3n) is 2.66. The lowest BCUT2D eigenvalue weighted by Gasteiger charge is -2.26. The van der Waals surface area contributed by atoms with Crippen LogP contribution in [-0.2, 0) is 9.47 Å². The fourth-order valence-electron chi connectivity index (χ4n) is 2.01. The van der Waals surface area contributed by atoms with Crippen LogP contribution in [0.2, 0.25) is 0 Å². The number of ether oxygens (including phenoxy) is 2. The van der Waals surface area contributed by atoms with Crippen LogP contribution in [0.3, 0.4) is 0 Å². The zero-order chi connectivity index (χ0) is 8.44. The SMILES string of the molecule is CC1(CC2CCCO2)NCCO1. The van der Waals surface area contributed by atoms with Crippen molar-refractivity contribution < 1.29 is 9.47 Å². The molecule has 2 unspecified atom stereocenters. The van der Waals surface area contributed by atoms with Crippen molar-refractivity contribution in [2.45, 2.75) is 38.0 Å². The van der Waals surface area contributed by atoms with Crippen LogP contribution in [0.4, 0.5) is 0 Å². The van der Waals surface area contributed by atoms with Gasteiger partial charge in [0.1, 0.15) is 5.72 Å². The molecule has 2 rings (SSSR count). The Balaban J connectivity index is 1.83. The molecule has 0 aliphatic carbocycles. The van der Waals surface area contributed by atoms with E-state index in [1.165, 1.54) is 12.8 Å². The van der Waals surface area contributed by atoms with Crippen molar-refractivity contribution in [3.8, 4) is 0 Å². The molecular weight excluding hydrogens is 154 g/mol. The van der Waals surface area contributed by atoms with E-state index in [4.69, 9.17) is 9.47 Å². The Bertz CT molecular complexity index is 149. The molecule has 3 heteroatoms. The summed E-state index contributed by atoms with van der Waals surface area (Å²) in [5, 5.41) is 3.36. The molecular formula is C9H17NO2. The first-order chi connectivity index (χ1) is 5.79. The second-order valence-electron chi connectivity index (χ2n) is 3.85. The van der Waals surface area contributed by atoms with Crippen molar-refractivity contribution in [1.29, 1.82) is 0 Å². The van der Waals surface area contributed by atoms with E-state index in [-0.39, 0.29) is 5.72 Å². The lowest BCUT2D eigenvalue weighted by Crippen LogP contribution is -2.40. The van der Waals surface area contributed by atoms with Crippen molar-refractivity contribution in [2.75, 3.05) is 19.8 Å². The van der Waals surface area contributed by atoms with Gasteiger partial charge in [-0.1, -0.05) is 0 Å². The van der Waals surface area contributed by atoms with E-state index in [9.17, 15) is 0 Å². The Kier molecular flexibility index (Phi) is 2.35. The van der Waals surface area contributed by atoms with Gasteiger partial charge in [-0.2, -0.15) is 0 Å². The molecule has 2 aliphatic rings. The Morgan fingerprint density at radius 1 is 1.50 bits per heavy atom. The Labute approximate surface area is 73.4 Å². The van der Waals surface area contributed by atoms with Gasteiger partial charge >= 0.3 is 0 Å². The number of rotatable bonds is 2. The molecule has 0 bridgehead atoms. The molecule has 2 aliphatic heterocycles. The summed E-state index contributed by atoms with van der Waals surface area (Å²) >= 11 is 0. The minimum absolute atomic E-state index is 0.116. The Morgan fingerprint density at radius 3 is 3.00 bits per heavy atom. The van der Waals surface area contributed by atoms with Crippen LogP contribution in [0.5, 0.6) is 0 Å². The van der Waals surface area contributed by atoms with Gasteiger partial charge in [-0.05, 0) is 19.8 Å². The number of hydrogen-bond acceptors (Lipinski definition) is 3. The molecule has 12 heavy (non-hydrogen) atoms. The summed E-state index contributed by atoms with van der Waals surface area (Å²) in [5.41, 5.74) is -0.116. The third-order valence-corrected chi connectivity index (χ3v) is 2.66. The second kappa shape index (κ2) is 3.32. The van der Waals surface area contributed by atoms with Crippen LogP contribution >= 0.6 is 0 Å². The zero-order valence-electron chi connectivity index (χ0n) is 7.64. The van der Waals surface area contributed by atoms with Crippen molar-refractivity contribution in [3.05, 3.63) is 0 Å². The van der Waals surface area contributed by atoms with Crippen LogP contribution in [0, 0.1) is 0 Å². The van der Waals surface area contributed by atoms with Gasteiger partial charge in [0.2, 0.25) is 0 Å². The molecule has 0 saturated carbocycles. The molecule has 2 saturated heterocycles. The quantitative estimate of drug-likeness (QED) is 0.669. The van der Waals surface area contributed by atoms with Crippen LogP contribution in [0.15, 0.2) is 0 Å². The van der Waals surface area contributed by atoms with Gasteiger partial charge in [-0.15, -0.1) is 0 Å². The zero-order valence-corrected chi connectivity index (χ0v) is 7.64. The van der Waals surface area contributed by atoms with E-state index < -0.39 is 0 Å². The largest absolute Gasteiger partial charge is 0.378 e. The maximum Gasteiger partial charge on any atom is 0.119 e. The van der Waals surface area contributed by atoms with E-state index in [2.05, 4.69) is 12.2 Å². The number of hydrogen-bond donors (Lipinski definition) is 1. The molecule has 0 aromatic heterocycles. The average molecular weight is 171 g/mol. The van der Waals surface area contributed by atoms with E-state index in [1.54, 1.807) is 0 Å². The first kappa shape index (κ1) is 8.48. The second-order valence-corrected chi connectivity index (χ2v) is 3.85. The van der Waals surface area contributed by atoms with Crippen molar-refractivity contribution >= 4 is 0 Å². The van der Waals surface area contributed by atoms with Gasteiger partial charge in [0, 0.05) is 19.6 Å². The molecule has 3 nitrogen and oxygen atoms in total. The van der Waals surface area contributed by atoms with Crippen molar-refractivity contribution in [3.63, 3.8) is 0 Å². The molecule has 2 atom stereocenters. The van der Waals surface area contributed by atoms with Crippen LogP contribution in [0.25, 0.3) is 0 Å². The van der Waals surface area contributed by atoms with Gasteiger partial charge < -0.3 is 9.47 Å². The third kappa shape index (κ3) is 1.79. The highest BCUT2D eigenvalue weighted by atomic mass is 16.5. The summed E-state index contributed by atoms with van der Waals surface area (Å²) in [7, 11) is 0. The van der Waals surface area contributed by atoms with Gasteiger partial charge in [0.25, 0.3) is 0 Å². The standard InChI is InChI=1S/C9H17NO2/c1-9(10-4-6-12-9)7-8-3-2-5-11-8/h8,10H,2-7H2,1H3. The molecule has 0 aromatic rings. The Hall–Kier alpha value is -0.120. The molecule has 70 valence electrons. The highest BCUT2D eigenvalue weighted by molar-refractivity contribution is 4.82. The normalized spacial score (nSPS) is 42.2. The monoisotopic (exact) mass is 171 g/mol. The summed E-state index contributed by atoms with van der Waals surface area (Å²) in [4.78, 5) is 0. The minimum atomic E-state index is -0.116. The fraction of sp³-hybridized carbons (Fsp3) is 1.00. The van der Waals surface area contributed by atoms with Crippen molar-refractivity contribution in [2.24, 2.45) is 0 Å². The number of nitrogens with one attached hydrogen (secondary N) is 1. The maximum atomic E-state index is 5.61.